The molecule has 3 N–H and O–H groups in total. The summed E-state index contributed by atoms with van der Waals surface area (Å²) in [5.41, 5.74) is 1.12. The molecule has 0 radical (unpaired) electrons. The van der Waals surface area contributed by atoms with Crippen LogP contribution in [0, 0.1) is 0 Å². The van der Waals surface area contributed by atoms with Crippen LogP contribution < -0.4 is 10.6 Å². The molecule has 0 amide bonds. The second-order valence-electron chi connectivity index (χ2n) is 5.44. The smallest absolute Gasteiger partial charge is 0.191 e. The van der Waals surface area contributed by atoms with Crippen molar-refractivity contribution in [3.8, 4) is 0 Å². The monoisotopic (exact) mass is 506 g/mol. The zero-order chi connectivity index (χ0) is 17.7. The topological polar surface area (TPSA) is 69.5 Å². The van der Waals surface area contributed by atoms with Crippen LogP contribution in [0.2, 0.25) is 0 Å². The van der Waals surface area contributed by atoms with Crippen molar-refractivity contribution >= 4 is 53.0 Å². The number of aliphatic hydroxyl groups excluding tert-OH is 1. The Kier molecular flexibility index (Phi) is 12.7. The second-order valence-corrected chi connectivity index (χ2v) is 7.67. The van der Waals surface area contributed by atoms with Crippen molar-refractivity contribution in [1.82, 2.24) is 15.6 Å². The zero-order valence-corrected chi connectivity index (χ0v) is 18.9. The molecule has 0 saturated heterocycles. The van der Waals surface area contributed by atoms with Crippen molar-refractivity contribution in [3.05, 3.63) is 47.5 Å². The van der Waals surface area contributed by atoms with Crippen molar-refractivity contribution in [2.45, 2.75) is 23.6 Å². The van der Waals surface area contributed by atoms with E-state index in [9.17, 15) is 5.11 Å². The molecule has 2 aromatic rings. The van der Waals surface area contributed by atoms with Gasteiger partial charge >= 0.3 is 0 Å². The number of aromatic nitrogens is 1. The fourth-order valence-electron chi connectivity index (χ4n) is 2.26. The van der Waals surface area contributed by atoms with E-state index in [-0.39, 0.29) is 36.5 Å². The molecule has 5 nitrogen and oxygen atoms in total. The standard InChI is InChI=1S/C18H26N4OS2.HI/c1-2-19-17(20-9-6-11-24-18-21-10-12-25-18)22-13-16(14-23)15-7-4-3-5-8-15;/h3-5,7-8,10,12,16,23H,2,6,9,11,13-14H2,1H3,(H2,19,20,22);1H. The molecule has 1 aromatic carbocycles. The molecular formula is C18H27IN4OS2. The average molecular weight is 506 g/mol. The molecule has 0 saturated carbocycles. The van der Waals surface area contributed by atoms with Gasteiger partial charge in [-0.3, -0.25) is 4.99 Å². The Bertz CT molecular complexity index is 611. The molecule has 1 unspecified atom stereocenters. The normalized spacial score (nSPS) is 12.3. The van der Waals surface area contributed by atoms with Gasteiger partial charge in [0.15, 0.2) is 5.96 Å². The highest BCUT2D eigenvalue weighted by atomic mass is 127. The molecule has 0 fully saturated rings. The lowest BCUT2D eigenvalue weighted by atomic mass is 10.0. The van der Waals surface area contributed by atoms with E-state index >= 15 is 0 Å². The third-order valence-electron chi connectivity index (χ3n) is 3.55. The van der Waals surface area contributed by atoms with Gasteiger partial charge in [-0.15, -0.1) is 35.3 Å². The summed E-state index contributed by atoms with van der Waals surface area (Å²) in [5.74, 6) is 1.86. The maximum absolute atomic E-state index is 9.64. The lowest BCUT2D eigenvalue weighted by Crippen LogP contribution is -2.38. The third kappa shape index (κ3) is 8.70. The van der Waals surface area contributed by atoms with E-state index in [0.29, 0.717) is 6.54 Å². The van der Waals surface area contributed by atoms with Gasteiger partial charge in [0.05, 0.1) is 13.2 Å². The molecule has 1 atom stereocenters. The van der Waals surface area contributed by atoms with Crippen LogP contribution in [-0.4, -0.2) is 48.0 Å². The Labute approximate surface area is 181 Å². The van der Waals surface area contributed by atoms with Crippen LogP contribution in [-0.2, 0) is 0 Å². The number of thiazole rings is 1. The second kappa shape index (κ2) is 14.2. The molecule has 0 aliphatic rings. The Morgan fingerprint density at radius 2 is 2.12 bits per heavy atom. The lowest BCUT2D eigenvalue weighted by Gasteiger charge is -2.15. The summed E-state index contributed by atoms with van der Waals surface area (Å²) < 4.78 is 1.12. The van der Waals surface area contributed by atoms with Crippen LogP contribution in [0.3, 0.4) is 0 Å². The summed E-state index contributed by atoms with van der Waals surface area (Å²) in [5, 5.41) is 18.3. The fraction of sp³-hybridized carbons (Fsp3) is 0.444. The van der Waals surface area contributed by atoms with Crippen molar-refractivity contribution in [2.75, 3.05) is 32.0 Å². The van der Waals surface area contributed by atoms with Gasteiger partial charge in [-0.25, -0.2) is 4.98 Å². The number of aliphatic hydroxyl groups is 1. The molecule has 26 heavy (non-hydrogen) atoms. The largest absolute Gasteiger partial charge is 0.396 e. The predicted molar refractivity (Wildman–Crippen MR) is 123 cm³/mol. The number of nitrogens with one attached hydrogen (secondary N) is 2. The van der Waals surface area contributed by atoms with Gasteiger partial charge in [0.25, 0.3) is 0 Å². The third-order valence-corrected chi connectivity index (χ3v) is 5.61. The highest BCUT2D eigenvalue weighted by molar-refractivity contribution is 14.0. The molecule has 1 heterocycles. The van der Waals surface area contributed by atoms with Gasteiger partial charge in [0.1, 0.15) is 4.34 Å². The summed E-state index contributed by atoms with van der Waals surface area (Å²) in [7, 11) is 0. The van der Waals surface area contributed by atoms with Crippen LogP contribution in [0.4, 0.5) is 0 Å². The van der Waals surface area contributed by atoms with Gasteiger partial charge in [-0.1, -0.05) is 42.1 Å². The lowest BCUT2D eigenvalue weighted by molar-refractivity contribution is 0.268. The molecule has 1 aromatic heterocycles. The first-order chi connectivity index (χ1) is 12.3. The molecular weight excluding hydrogens is 479 g/mol. The summed E-state index contributed by atoms with van der Waals surface area (Å²) >= 11 is 3.46. The zero-order valence-electron chi connectivity index (χ0n) is 14.9. The number of hydrogen-bond donors (Lipinski definition) is 3. The number of thioether (sulfide) groups is 1. The van der Waals surface area contributed by atoms with E-state index in [4.69, 9.17) is 0 Å². The van der Waals surface area contributed by atoms with Crippen LogP contribution in [0.5, 0.6) is 0 Å². The number of nitrogens with zero attached hydrogens (tertiary/aromatic N) is 2. The Hall–Kier alpha value is -0.840. The van der Waals surface area contributed by atoms with E-state index in [1.54, 1.807) is 23.1 Å². The number of halogens is 1. The maximum atomic E-state index is 9.64. The molecule has 0 spiro atoms. The summed E-state index contributed by atoms with van der Waals surface area (Å²) in [6.45, 7) is 4.38. The summed E-state index contributed by atoms with van der Waals surface area (Å²) in [6, 6.07) is 10.0. The van der Waals surface area contributed by atoms with Crippen molar-refractivity contribution in [3.63, 3.8) is 0 Å². The minimum absolute atomic E-state index is 0. The van der Waals surface area contributed by atoms with Crippen LogP contribution >= 0.6 is 47.1 Å². The molecule has 0 bridgehead atoms. The maximum Gasteiger partial charge on any atom is 0.191 e. The Morgan fingerprint density at radius 3 is 2.77 bits per heavy atom. The summed E-state index contributed by atoms with van der Waals surface area (Å²) in [4.78, 5) is 8.89. The van der Waals surface area contributed by atoms with Gasteiger partial charge in [-0.05, 0) is 18.9 Å². The Balaban J connectivity index is 0.00000338. The van der Waals surface area contributed by atoms with Crippen LogP contribution in [0.25, 0.3) is 0 Å². The van der Waals surface area contributed by atoms with E-state index in [1.807, 2.05) is 41.9 Å². The molecule has 8 heteroatoms. The quantitative estimate of drug-likeness (QED) is 0.151. The minimum atomic E-state index is 0. The predicted octanol–water partition coefficient (Wildman–Crippen LogP) is 3.57. The first kappa shape index (κ1) is 23.2. The summed E-state index contributed by atoms with van der Waals surface area (Å²) in [6.07, 6.45) is 2.88. The SMILES string of the molecule is CCNC(=NCC(CO)c1ccccc1)NCCCSc1nccs1.I. The Morgan fingerprint density at radius 1 is 1.31 bits per heavy atom. The number of rotatable bonds is 10. The first-order valence-corrected chi connectivity index (χ1v) is 10.4. The van der Waals surface area contributed by atoms with Crippen molar-refractivity contribution in [1.29, 1.82) is 0 Å². The number of aliphatic imine (C=N–C) groups is 1. The van der Waals surface area contributed by atoms with E-state index in [1.165, 1.54) is 0 Å². The van der Waals surface area contributed by atoms with Crippen LogP contribution in [0.15, 0.2) is 51.2 Å². The first-order valence-electron chi connectivity index (χ1n) is 8.53. The number of hydrogen-bond acceptors (Lipinski definition) is 5. The highest BCUT2D eigenvalue weighted by Crippen LogP contribution is 2.20. The minimum Gasteiger partial charge on any atom is -0.396 e. The van der Waals surface area contributed by atoms with E-state index in [2.05, 4.69) is 27.5 Å². The number of benzene rings is 1. The van der Waals surface area contributed by atoms with Gasteiger partial charge in [0, 0.05) is 36.3 Å². The highest BCUT2D eigenvalue weighted by Gasteiger charge is 2.09. The van der Waals surface area contributed by atoms with E-state index in [0.717, 1.165) is 41.1 Å². The van der Waals surface area contributed by atoms with Crippen molar-refractivity contribution in [2.24, 2.45) is 4.99 Å². The molecule has 2 rings (SSSR count). The van der Waals surface area contributed by atoms with Crippen LogP contribution in [0.1, 0.15) is 24.8 Å². The average Bonchev–Trinajstić information content (AvgIpc) is 3.16. The molecule has 144 valence electrons. The number of guanidine groups is 1. The van der Waals surface area contributed by atoms with E-state index < -0.39 is 0 Å². The molecule has 0 aliphatic carbocycles. The van der Waals surface area contributed by atoms with Gasteiger partial charge in [-0.2, -0.15) is 0 Å². The molecule has 0 aliphatic heterocycles. The fourth-order valence-corrected chi connectivity index (χ4v) is 3.90. The van der Waals surface area contributed by atoms with Gasteiger partial charge in [0.2, 0.25) is 0 Å². The van der Waals surface area contributed by atoms with Crippen molar-refractivity contribution < 1.29 is 5.11 Å². The van der Waals surface area contributed by atoms with Gasteiger partial charge < -0.3 is 15.7 Å².